The first-order valence-electron chi connectivity index (χ1n) is 6.08. The predicted molar refractivity (Wildman–Crippen MR) is 68.4 cm³/mol. The zero-order valence-corrected chi connectivity index (χ0v) is 10.9. The highest BCUT2D eigenvalue weighted by Gasteiger charge is 2.09. The maximum Gasteiger partial charge on any atom is 0.108 e. The van der Waals surface area contributed by atoms with Crippen molar-refractivity contribution < 1.29 is 4.74 Å². The molecule has 0 aliphatic heterocycles. The largest absolute Gasteiger partial charge is 0.359 e. The molecule has 1 rings (SSSR count). The monoisotopic (exact) mass is 221 g/mol. The summed E-state index contributed by atoms with van der Waals surface area (Å²) in [6, 6.07) is 8.51. The molecule has 2 nitrogen and oxygen atoms in total. The molecule has 1 unspecified atom stereocenters. The molecule has 0 spiro atoms. The second-order valence-electron chi connectivity index (χ2n) is 4.12. The third-order valence-electron chi connectivity index (χ3n) is 2.94. The summed E-state index contributed by atoms with van der Waals surface area (Å²) in [4.78, 5) is 2.30. The normalized spacial score (nSPS) is 13.1. The van der Waals surface area contributed by atoms with Crippen molar-refractivity contribution in [2.24, 2.45) is 0 Å². The molecule has 0 heterocycles. The van der Waals surface area contributed by atoms with Gasteiger partial charge in [0.05, 0.1) is 6.61 Å². The number of nitrogens with zero attached hydrogens (tertiary/aromatic N) is 1. The van der Waals surface area contributed by atoms with E-state index in [1.165, 1.54) is 11.1 Å². The van der Waals surface area contributed by atoms with Crippen LogP contribution < -0.4 is 0 Å². The van der Waals surface area contributed by atoms with Gasteiger partial charge in [-0.1, -0.05) is 43.7 Å². The van der Waals surface area contributed by atoms with Crippen LogP contribution in [0.3, 0.4) is 0 Å². The standard InChI is InChI=1S/C14H23NO/c1-5-15(6-2)13(4)16-11-14-9-7-12(3)8-10-14/h7-10,13H,5-6,11H2,1-4H3. The number of ether oxygens (including phenoxy) is 1. The highest BCUT2D eigenvalue weighted by molar-refractivity contribution is 5.20. The maximum absolute atomic E-state index is 5.84. The van der Waals surface area contributed by atoms with Gasteiger partial charge in [0, 0.05) is 0 Å². The van der Waals surface area contributed by atoms with Crippen molar-refractivity contribution in [1.29, 1.82) is 0 Å². The topological polar surface area (TPSA) is 12.5 Å². The summed E-state index contributed by atoms with van der Waals surface area (Å²) in [7, 11) is 0. The molecule has 1 aromatic rings. The maximum atomic E-state index is 5.84. The minimum Gasteiger partial charge on any atom is -0.359 e. The van der Waals surface area contributed by atoms with Crippen LogP contribution in [0.15, 0.2) is 24.3 Å². The molecule has 0 radical (unpaired) electrons. The molecule has 0 aliphatic rings. The smallest absolute Gasteiger partial charge is 0.108 e. The Morgan fingerprint density at radius 3 is 2.19 bits per heavy atom. The van der Waals surface area contributed by atoms with Crippen molar-refractivity contribution in [2.75, 3.05) is 13.1 Å². The molecule has 0 saturated heterocycles. The van der Waals surface area contributed by atoms with Crippen LogP contribution in [0.4, 0.5) is 0 Å². The summed E-state index contributed by atoms with van der Waals surface area (Å²) in [5.41, 5.74) is 2.53. The molecule has 0 amide bonds. The third kappa shape index (κ3) is 3.95. The van der Waals surface area contributed by atoms with Crippen molar-refractivity contribution in [3.8, 4) is 0 Å². The van der Waals surface area contributed by atoms with Crippen LogP contribution in [0.5, 0.6) is 0 Å². The first-order chi connectivity index (χ1) is 7.67. The van der Waals surface area contributed by atoms with Crippen LogP contribution in [-0.4, -0.2) is 24.2 Å². The molecular weight excluding hydrogens is 198 g/mol. The van der Waals surface area contributed by atoms with Gasteiger partial charge in [0.1, 0.15) is 6.23 Å². The molecular formula is C14H23NO. The number of benzene rings is 1. The fourth-order valence-electron chi connectivity index (χ4n) is 1.74. The van der Waals surface area contributed by atoms with Crippen LogP contribution >= 0.6 is 0 Å². The van der Waals surface area contributed by atoms with E-state index < -0.39 is 0 Å². The van der Waals surface area contributed by atoms with E-state index in [9.17, 15) is 0 Å². The zero-order valence-electron chi connectivity index (χ0n) is 10.9. The molecule has 0 bridgehead atoms. The van der Waals surface area contributed by atoms with Crippen molar-refractivity contribution in [2.45, 2.75) is 40.5 Å². The Kier molecular flexibility index (Phi) is 5.50. The lowest BCUT2D eigenvalue weighted by Crippen LogP contribution is -2.34. The second kappa shape index (κ2) is 6.66. The van der Waals surface area contributed by atoms with Gasteiger partial charge in [0.15, 0.2) is 0 Å². The van der Waals surface area contributed by atoms with Gasteiger partial charge in [-0.25, -0.2) is 0 Å². The molecule has 1 atom stereocenters. The van der Waals surface area contributed by atoms with Gasteiger partial charge < -0.3 is 4.74 Å². The number of hydrogen-bond donors (Lipinski definition) is 0. The number of rotatable bonds is 6. The van der Waals surface area contributed by atoms with E-state index in [0.717, 1.165) is 13.1 Å². The van der Waals surface area contributed by atoms with E-state index in [4.69, 9.17) is 4.74 Å². The fraction of sp³-hybridized carbons (Fsp3) is 0.571. The van der Waals surface area contributed by atoms with E-state index in [0.29, 0.717) is 6.61 Å². The summed E-state index contributed by atoms with van der Waals surface area (Å²) >= 11 is 0. The Bertz CT molecular complexity index is 290. The minimum atomic E-state index is 0.191. The molecule has 0 fully saturated rings. The Labute approximate surface area is 99.2 Å². The molecule has 0 aliphatic carbocycles. The van der Waals surface area contributed by atoms with Crippen LogP contribution in [0.1, 0.15) is 31.9 Å². The number of aryl methyl sites for hydroxylation is 1. The molecule has 90 valence electrons. The number of hydrogen-bond acceptors (Lipinski definition) is 2. The molecule has 0 saturated carbocycles. The summed E-state index contributed by atoms with van der Waals surface area (Å²) in [6.45, 7) is 11.3. The predicted octanol–water partition coefficient (Wildman–Crippen LogP) is 3.20. The first-order valence-corrected chi connectivity index (χ1v) is 6.08. The van der Waals surface area contributed by atoms with Crippen molar-refractivity contribution in [3.05, 3.63) is 35.4 Å². The summed E-state index contributed by atoms with van der Waals surface area (Å²) in [6.07, 6.45) is 0.191. The lowest BCUT2D eigenvalue weighted by atomic mass is 10.2. The highest BCUT2D eigenvalue weighted by atomic mass is 16.5. The zero-order chi connectivity index (χ0) is 12.0. The van der Waals surface area contributed by atoms with E-state index in [1.807, 2.05) is 0 Å². The van der Waals surface area contributed by atoms with Crippen LogP contribution in [-0.2, 0) is 11.3 Å². The lowest BCUT2D eigenvalue weighted by Gasteiger charge is -2.26. The molecule has 1 aromatic carbocycles. The van der Waals surface area contributed by atoms with Crippen molar-refractivity contribution >= 4 is 0 Å². The van der Waals surface area contributed by atoms with Gasteiger partial charge in [-0.05, 0) is 32.5 Å². The average molecular weight is 221 g/mol. The molecule has 2 heteroatoms. The molecule has 16 heavy (non-hydrogen) atoms. The highest BCUT2D eigenvalue weighted by Crippen LogP contribution is 2.08. The molecule has 0 N–H and O–H groups in total. The Balaban J connectivity index is 2.42. The van der Waals surface area contributed by atoms with Crippen molar-refractivity contribution in [3.63, 3.8) is 0 Å². The van der Waals surface area contributed by atoms with Gasteiger partial charge in [-0.15, -0.1) is 0 Å². The Hall–Kier alpha value is -0.860. The second-order valence-corrected chi connectivity index (χ2v) is 4.12. The van der Waals surface area contributed by atoms with Gasteiger partial charge in [0.25, 0.3) is 0 Å². The van der Waals surface area contributed by atoms with Crippen LogP contribution in [0.25, 0.3) is 0 Å². The minimum absolute atomic E-state index is 0.191. The first kappa shape index (κ1) is 13.2. The SMILES string of the molecule is CCN(CC)C(C)OCc1ccc(C)cc1. The average Bonchev–Trinajstić information content (AvgIpc) is 2.30. The molecule has 0 aromatic heterocycles. The van der Waals surface area contributed by atoms with Crippen LogP contribution in [0.2, 0.25) is 0 Å². The Morgan fingerprint density at radius 1 is 1.12 bits per heavy atom. The van der Waals surface area contributed by atoms with E-state index in [1.54, 1.807) is 0 Å². The van der Waals surface area contributed by atoms with Crippen molar-refractivity contribution in [1.82, 2.24) is 4.90 Å². The van der Waals surface area contributed by atoms with Crippen LogP contribution in [0, 0.1) is 6.92 Å². The van der Waals surface area contributed by atoms with E-state index >= 15 is 0 Å². The van der Waals surface area contributed by atoms with Gasteiger partial charge >= 0.3 is 0 Å². The lowest BCUT2D eigenvalue weighted by molar-refractivity contribution is -0.0521. The fourth-order valence-corrected chi connectivity index (χ4v) is 1.74. The van der Waals surface area contributed by atoms with Gasteiger partial charge in [0.2, 0.25) is 0 Å². The summed E-state index contributed by atoms with van der Waals surface area (Å²) in [5, 5.41) is 0. The van der Waals surface area contributed by atoms with E-state index in [2.05, 4.69) is 56.9 Å². The summed E-state index contributed by atoms with van der Waals surface area (Å²) < 4.78 is 5.84. The van der Waals surface area contributed by atoms with E-state index in [-0.39, 0.29) is 6.23 Å². The quantitative estimate of drug-likeness (QED) is 0.684. The summed E-state index contributed by atoms with van der Waals surface area (Å²) in [5.74, 6) is 0. The van der Waals surface area contributed by atoms with Gasteiger partial charge in [-0.3, -0.25) is 4.90 Å². The third-order valence-corrected chi connectivity index (χ3v) is 2.94. The Morgan fingerprint density at radius 2 is 1.69 bits per heavy atom. The van der Waals surface area contributed by atoms with Gasteiger partial charge in [-0.2, -0.15) is 0 Å².